The van der Waals surface area contributed by atoms with Crippen molar-refractivity contribution in [2.75, 3.05) is 0 Å². The van der Waals surface area contributed by atoms with Crippen molar-refractivity contribution in [2.45, 2.75) is 92.9 Å². The van der Waals surface area contributed by atoms with Crippen LogP contribution >= 0.6 is 0 Å². The molecule has 0 amide bonds. The Hall–Kier alpha value is -5.16. The lowest BCUT2D eigenvalue weighted by atomic mass is 9.83. The minimum Gasteiger partial charge on any atom is -0.457 e. The minimum atomic E-state index is -0.177. The second-order valence-electron chi connectivity index (χ2n) is 16.4. The molecule has 5 heteroatoms. The fourth-order valence-corrected chi connectivity index (χ4v) is 7.42. The van der Waals surface area contributed by atoms with Gasteiger partial charge < -0.3 is 4.74 Å². The standard InChI is InChI=1S/C46H50N4O/c1-28(2)32-21-22-47-41(23-32)49-39-18-13-12-17-37(39)38-20-19-35(27-40(38)49)51-36-25-33(45(6,7)8)24-34(26-36)50-44(46(9,10)11)43(31(5)48-50)42-29(3)15-14-16-30(42)4/h12-28H,1-11H3. The molecule has 260 valence electrons. The van der Waals surface area contributed by atoms with Gasteiger partial charge >= 0.3 is 0 Å². The van der Waals surface area contributed by atoms with Gasteiger partial charge in [-0.1, -0.05) is 91.8 Å². The first-order valence-corrected chi connectivity index (χ1v) is 18.1. The predicted molar refractivity (Wildman–Crippen MR) is 213 cm³/mol. The number of aryl methyl sites for hydroxylation is 3. The third-order valence-corrected chi connectivity index (χ3v) is 10.1. The molecule has 0 aliphatic rings. The molecule has 0 unspecified atom stereocenters. The second kappa shape index (κ2) is 12.6. The van der Waals surface area contributed by atoms with Crippen LogP contribution in [0, 0.1) is 20.8 Å². The third kappa shape index (κ3) is 6.24. The van der Waals surface area contributed by atoms with Crippen molar-refractivity contribution in [3.63, 3.8) is 0 Å². The fraction of sp³-hybridized carbons (Fsp3) is 0.304. The van der Waals surface area contributed by atoms with Crippen LogP contribution in [0.2, 0.25) is 0 Å². The van der Waals surface area contributed by atoms with E-state index in [0.29, 0.717) is 5.92 Å². The summed E-state index contributed by atoms with van der Waals surface area (Å²) in [6.07, 6.45) is 1.92. The number of aromatic nitrogens is 4. The Labute approximate surface area is 302 Å². The molecule has 0 N–H and O–H groups in total. The Kier molecular flexibility index (Phi) is 8.45. The van der Waals surface area contributed by atoms with E-state index in [0.717, 1.165) is 39.7 Å². The van der Waals surface area contributed by atoms with Gasteiger partial charge in [-0.25, -0.2) is 9.67 Å². The van der Waals surface area contributed by atoms with Crippen LogP contribution < -0.4 is 4.74 Å². The van der Waals surface area contributed by atoms with Gasteiger partial charge in [0.15, 0.2) is 0 Å². The molecule has 7 rings (SSSR count). The van der Waals surface area contributed by atoms with Crippen molar-refractivity contribution in [2.24, 2.45) is 0 Å². The first-order chi connectivity index (χ1) is 24.1. The zero-order valence-corrected chi connectivity index (χ0v) is 32.0. The van der Waals surface area contributed by atoms with Gasteiger partial charge in [0.1, 0.15) is 17.3 Å². The van der Waals surface area contributed by atoms with Crippen molar-refractivity contribution in [3.05, 3.63) is 131 Å². The monoisotopic (exact) mass is 674 g/mol. The number of pyridine rings is 1. The van der Waals surface area contributed by atoms with Gasteiger partial charge in [-0.3, -0.25) is 4.57 Å². The summed E-state index contributed by atoms with van der Waals surface area (Å²) in [6.45, 7) is 24.6. The highest BCUT2D eigenvalue weighted by molar-refractivity contribution is 6.09. The number of hydrogen-bond donors (Lipinski definition) is 0. The smallest absolute Gasteiger partial charge is 0.137 e. The number of benzene rings is 4. The van der Waals surface area contributed by atoms with Crippen LogP contribution in [0.4, 0.5) is 0 Å². The molecule has 0 aliphatic heterocycles. The molecule has 51 heavy (non-hydrogen) atoms. The average molecular weight is 675 g/mol. The molecule has 0 fully saturated rings. The zero-order chi connectivity index (χ0) is 36.4. The van der Waals surface area contributed by atoms with Gasteiger partial charge in [-0.15, -0.1) is 0 Å². The normalized spacial score (nSPS) is 12.4. The lowest BCUT2D eigenvalue weighted by Crippen LogP contribution is -2.19. The Bertz CT molecular complexity index is 2410. The Morgan fingerprint density at radius 2 is 1.35 bits per heavy atom. The van der Waals surface area contributed by atoms with Crippen molar-refractivity contribution in [1.82, 2.24) is 19.3 Å². The number of rotatable bonds is 6. The average Bonchev–Trinajstić information content (AvgIpc) is 3.59. The number of nitrogens with zero attached hydrogens (tertiary/aromatic N) is 4. The Morgan fingerprint density at radius 3 is 2.04 bits per heavy atom. The van der Waals surface area contributed by atoms with Crippen LogP contribution in [0.25, 0.3) is 44.4 Å². The summed E-state index contributed by atoms with van der Waals surface area (Å²) in [7, 11) is 0. The molecule has 0 radical (unpaired) electrons. The third-order valence-electron chi connectivity index (χ3n) is 10.1. The van der Waals surface area contributed by atoms with Gasteiger partial charge in [-0.05, 0) is 102 Å². The Morgan fingerprint density at radius 1 is 0.647 bits per heavy atom. The van der Waals surface area contributed by atoms with Crippen molar-refractivity contribution in [1.29, 1.82) is 0 Å². The van der Waals surface area contributed by atoms with Gasteiger partial charge in [-0.2, -0.15) is 5.10 Å². The van der Waals surface area contributed by atoms with E-state index in [-0.39, 0.29) is 10.8 Å². The molecule has 0 aliphatic carbocycles. The van der Waals surface area contributed by atoms with Crippen molar-refractivity contribution >= 4 is 21.8 Å². The summed E-state index contributed by atoms with van der Waals surface area (Å²) < 4.78 is 11.3. The molecule has 3 heterocycles. The molecule has 0 saturated heterocycles. The van der Waals surface area contributed by atoms with Gasteiger partial charge in [0.05, 0.1) is 28.1 Å². The topological polar surface area (TPSA) is 44.9 Å². The highest BCUT2D eigenvalue weighted by Gasteiger charge is 2.30. The fourth-order valence-electron chi connectivity index (χ4n) is 7.42. The molecular weight excluding hydrogens is 625 g/mol. The van der Waals surface area contributed by atoms with Crippen molar-refractivity contribution < 1.29 is 4.74 Å². The summed E-state index contributed by atoms with van der Waals surface area (Å²) in [4.78, 5) is 4.84. The van der Waals surface area contributed by atoms with E-state index in [1.165, 1.54) is 49.8 Å². The van der Waals surface area contributed by atoms with Crippen molar-refractivity contribution in [3.8, 4) is 34.1 Å². The molecular formula is C46H50N4O. The molecule has 0 atom stereocenters. The summed E-state index contributed by atoms with van der Waals surface area (Å²) in [5.74, 6) is 2.86. The van der Waals surface area contributed by atoms with Crippen LogP contribution in [-0.2, 0) is 10.8 Å². The lowest BCUT2D eigenvalue weighted by Gasteiger charge is -2.26. The lowest BCUT2D eigenvalue weighted by molar-refractivity contribution is 0.477. The van der Waals surface area contributed by atoms with Gasteiger partial charge in [0, 0.05) is 40.1 Å². The van der Waals surface area contributed by atoms with Crippen LogP contribution in [0.3, 0.4) is 0 Å². The first kappa shape index (κ1) is 34.3. The maximum absolute atomic E-state index is 6.84. The van der Waals surface area contributed by atoms with E-state index in [9.17, 15) is 0 Å². The van der Waals surface area contributed by atoms with Crippen LogP contribution in [0.1, 0.15) is 94.9 Å². The van der Waals surface area contributed by atoms with Gasteiger partial charge in [0.2, 0.25) is 0 Å². The first-order valence-electron chi connectivity index (χ1n) is 18.1. The summed E-state index contributed by atoms with van der Waals surface area (Å²) in [5.41, 5.74) is 12.5. The molecule has 7 aromatic rings. The number of ether oxygens (including phenoxy) is 1. The maximum atomic E-state index is 6.84. The number of para-hydroxylation sites is 1. The summed E-state index contributed by atoms with van der Waals surface area (Å²) in [6, 6.07) is 32.4. The Balaban J connectivity index is 1.40. The van der Waals surface area contributed by atoms with Gasteiger partial charge in [0.25, 0.3) is 0 Å². The SMILES string of the molecule is Cc1cccc(C)c1-c1c(C)nn(-c2cc(Oc3ccc4c5ccccc5n(-c5cc(C(C)C)ccn5)c4c3)cc(C(C)(C)C)c2)c1C(C)(C)C. The molecule has 4 aromatic carbocycles. The van der Waals surface area contributed by atoms with E-state index >= 15 is 0 Å². The largest absolute Gasteiger partial charge is 0.457 e. The maximum Gasteiger partial charge on any atom is 0.137 e. The quantitative estimate of drug-likeness (QED) is 0.176. The minimum absolute atomic E-state index is 0.114. The van der Waals surface area contributed by atoms with E-state index in [4.69, 9.17) is 14.8 Å². The molecule has 0 spiro atoms. The number of fused-ring (bicyclic) bond motifs is 3. The van der Waals surface area contributed by atoms with Crippen LogP contribution in [0.5, 0.6) is 11.5 Å². The predicted octanol–water partition coefficient (Wildman–Crippen LogP) is 12.5. The number of hydrogen-bond acceptors (Lipinski definition) is 3. The van der Waals surface area contributed by atoms with E-state index in [1.54, 1.807) is 0 Å². The molecule has 0 saturated carbocycles. The van der Waals surface area contributed by atoms with E-state index in [1.807, 2.05) is 6.20 Å². The highest BCUT2D eigenvalue weighted by Crippen LogP contribution is 2.42. The molecule has 3 aromatic heterocycles. The van der Waals surface area contributed by atoms with E-state index in [2.05, 4.69) is 176 Å². The van der Waals surface area contributed by atoms with Crippen LogP contribution in [-0.4, -0.2) is 19.3 Å². The van der Waals surface area contributed by atoms with Crippen LogP contribution in [0.15, 0.2) is 97.2 Å². The highest BCUT2D eigenvalue weighted by atomic mass is 16.5. The summed E-state index contributed by atoms with van der Waals surface area (Å²) >= 11 is 0. The zero-order valence-electron chi connectivity index (χ0n) is 32.0. The molecule has 0 bridgehead atoms. The summed E-state index contributed by atoms with van der Waals surface area (Å²) in [5, 5.41) is 7.62. The second-order valence-corrected chi connectivity index (χ2v) is 16.4. The van der Waals surface area contributed by atoms with E-state index < -0.39 is 0 Å². The molecule has 5 nitrogen and oxygen atoms in total.